The van der Waals surface area contributed by atoms with Gasteiger partial charge in [-0.05, 0) is 25.3 Å². The summed E-state index contributed by atoms with van der Waals surface area (Å²) >= 11 is 0. The summed E-state index contributed by atoms with van der Waals surface area (Å²) in [6.45, 7) is 0.519. The number of amides is 1. The maximum Gasteiger partial charge on any atom is 0.225 e. The lowest BCUT2D eigenvalue weighted by atomic mass is 9.76. The molecule has 18 heavy (non-hydrogen) atoms. The molecule has 1 aromatic carbocycles. The van der Waals surface area contributed by atoms with E-state index >= 15 is 0 Å². The second-order valence-corrected chi connectivity index (χ2v) is 4.87. The van der Waals surface area contributed by atoms with Gasteiger partial charge in [0.2, 0.25) is 5.91 Å². The second-order valence-electron chi connectivity index (χ2n) is 4.87. The minimum atomic E-state index is -0.154. The number of rotatable bonds is 5. The number of para-hydroxylation sites is 1. The van der Waals surface area contributed by atoms with Crippen LogP contribution in [0.1, 0.15) is 24.8 Å². The fraction of sp³-hybridized carbons (Fsp3) is 0.500. The summed E-state index contributed by atoms with van der Waals surface area (Å²) in [6.07, 6.45) is 3.46. The van der Waals surface area contributed by atoms with E-state index in [0.717, 1.165) is 30.6 Å². The molecule has 1 saturated carbocycles. The van der Waals surface area contributed by atoms with Gasteiger partial charge >= 0.3 is 0 Å². The molecule has 1 aromatic rings. The van der Waals surface area contributed by atoms with Gasteiger partial charge in [0.05, 0.1) is 19.1 Å². The maximum absolute atomic E-state index is 12.0. The highest BCUT2D eigenvalue weighted by molar-refractivity contribution is 5.80. The minimum Gasteiger partial charge on any atom is -0.496 e. The molecule has 0 unspecified atom stereocenters. The summed E-state index contributed by atoms with van der Waals surface area (Å²) in [5.74, 6) is 0.771. The predicted octanol–water partition coefficient (Wildman–Crippen LogP) is 1.24. The van der Waals surface area contributed by atoms with Crippen molar-refractivity contribution in [2.24, 2.45) is 5.73 Å². The molecule has 0 saturated heterocycles. The van der Waals surface area contributed by atoms with Crippen LogP contribution in [0.25, 0.3) is 0 Å². The molecule has 0 aliphatic heterocycles. The first-order valence-corrected chi connectivity index (χ1v) is 6.32. The Morgan fingerprint density at radius 2 is 2.17 bits per heavy atom. The molecule has 1 fully saturated rings. The van der Waals surface area contributed by atoms with E-state index in [4.69, 9.17) is 10.5 Å². The summed E-state index contributed by atoms with van der Waals surface area (Å²) < 4.78 is 5.24. The molecule has 0 spiro atoms. The lowest BCUT2D eigenvalue weighted by Gasteiger charge is -2.41. The van der Waals surface area contributed by atoms with Crippen LogP contribution in [-0.2, 0) is 11.2 Å². The van der Waals surface area contributed by atoms with Crippen molar-refractivity contribution in [1.29, 1.82) is 0 Å². The molecule has 4 heteroatoms. The maximum atomic E-state index is 12.0. The number of carbonyl (C=O) groups is 1. The lowest BCUT2D eigenvalue weighted by molar-refractivity contribution is -0.123. The van der Waals surface area contributed by atoms with Crippen LogP contribution in [0.2, 0.25) is 0 Å². The van der Waals surface area contributed by atoms with Gasteiger partial charge in [0.25, 0.3) is 0 Å². The van der Waals surface area contributed by atoms with E-state index < -0.39 is 0 Å². The number of nitrogens with two attached hydrogens (primary N) is 1. The molecule has 0 aromatic heterocycles. The van der Waals surface area contributed by atoms with Crippen LogP contribution in [0.15, 0.2) is 24.3 Å². The number of hydrogen-bond acceptors (Lipinski definition) is 3. The van der Waals surface area contributed by atoms with Crippen LogP contribution in [-0.4, -0.2) is 25.1 Å². The Balaban J connectivity index is 1.98. The summed E-state index contributed by atoms with van der Waals surface area (Å²) in [5.41, 5.74) is 6.48. The molecule has 0 bridgehead atoms. The molecule has 0 atom stereocenters. The van der Waals surface area contributed by atoms with E-state index in [2.05, 4.69) is 5.32 Å². The molecule has 2 rings (SSSR count). The number of carbonyl (C=O) groups excluding carboxylic acids is 1. The van der Waals surface area contributed by atoms with Crippen molar-refractivity contribution >= 4 is 5.91 Å². The average Bonchev–Trinajstić information content (AvgIpc) is 2.34. The minimum absolute atomic E-state index is 0.0182. The number of methoxy groups -OCH3 is 1. The van der Waals surface area contributed by atoms with Gasteiger partial charge in [0, 0.05) is 12.1 Å². The van der Waals surface area contributed by atoms with Gasteiger partial charge in [0.1, 0.15) is 5.75 Å². The number of nitrogens with one attached hydrogen (secondary N) is 1. The van der Waals surface area contributed by atoms with Gasteiger partial charge < -0.3 is 15.8 Å². The van der Waals surface area contributed by atoms with Crippen LogP contribution in [0, 0.1) is 0 Å². The lowest BCUT2D eigenvalue weighted by Crippen LogP contribution is -2.58. The molecule has 0 radical (unpaired) electrons. The van der Waals surface area contributed by atoms with Crippen LogP contribution in [0.3, 0.4) is 0 Å². The van der Waals surface area contributed by atoms with Crippen LogP contribution in [0.4, 0.5) is 0 Å². The summed E-state index contributed by atoms with van der Waals surface area (Å²) in [6, 6.07) is 7.58. The van der Waals surface area contributed by atoms with Gasteiger partial charge in [-0.1, -0.05) is 18.2 Å². The highest BCUT2D eigenvalue weighted by Gasteiger charge is 2.36. The largest absolute Gasteiger partial charge is 0.496 e. The van der Waals surface area contributed by atoms with Gasteiger partial charge in [-0.25, -0.2) is 0 Å². The third-order valence-corrected chi connectivity index (χ3v) is 3.65. The molecule has 3 N–H and O–H groups in total. The fourth-order valence-electron chi connectivity index (χ4n) is 2.35. The van der Waals surface area contributed by atoms with Crippen molar-refractivity contribution in [3.05, 3.63) is 29.8 Å². The molecular formula is C14H20N2O2. The number of benzene rings is 1. The fourth-order valence-corrected chi connectivity index (χ4v) is 2.35. The first kappa shape index (κ1) is 12.9. The monoisotopic (exact) mass is 248 g/mol. The van der Waals surface area contributed by atoms with Gasteiger partial charge in [-0.2, -0.15) is 0 Å². The summed E-state index contributed by atoms with van der Waals surface area (Å²) in [4.78, 5) is 12.0. The van der Waals surface area contributed by atoms with Gasteiger partial charge in [-0.15, -0.1) is 0 Å². The van der Waals surface area contributed by atoms with Crippen molar-refractivity contribution in [2.45, 2.75) is 31.2 Å². The molecule has 1 amide bonds. The Kier molecular flexibility index (Phi) is 3.87. The normalized spacial score (nSPS) is 16.8. The standard InChI is InChI=1S/C14H20N2O2/c1-18-12-6-3-2-5-11(12)9-13(17)16-14(10-15)7-4-8-14/h2-3,5-6H,4,7-10,15H2,1H3,(H,16,17). The van der Waals surface area contributed by atoms with Crippen molar-refractivity contribution in [3.8, 4) is 5.75 Å². The third kappa shape index (κ3) is 2.64. The van der Waals surface area contributed by atoms with E-state index in [9.17, 15) is 4.79 Å². The average molecular weight is 248 g/mol. The van der Waals surface area contributed by atoms with Crippen molar-refractivity contribution in [3.63, 3.8) is 0 Å². The Bertz CT molecular complexity index is 422. The zero-order chi connectivity index (χ0) is 13.0. The zero-order valence-electron chi connectivity index (χ0n) is 10.7. The second kappa shape index (κ2) is 5.40. The Morgan fingerprint density at radius 3 is 2.72 bits per heavy atom. The number of hydrogen-bond donors (Lipinski definition) is 2. The zero-order valence-corrected chi connectivity index (χ0v) is 10.7. The van der Waals surface area contributed by atoms with Crippen LogP contribution < -0.4 is 15.8 Å². The Labute approximate surface area is 108 Å². The Morgan fingerprint density at radius 1 is 1.44 bits per heavy atom. The quantitative estimate of drug-likeness (QED) is 0.824. The highest BCUT2D eigenvalue weighted by Crippen LogP contribution is 2.30. The first-order chi connectivity index (χ1) is 8.69. The summed E-state index contributed by atoms with van der Waals surface area (Å²) in [5, 5.41) is 3.06. The first-order valence-electron chi connectivity index (χ1n) is 6.32. The van der Waals surface area contributed by atoms with Crippen molar-refractivity contribution in [1.82, 2.24) is 5.32 Å². The molecular weight excluding hydrogens is 228 g/mol. The van der Waals surface area contributed by atoms with Crippen LogP contribution >= 0.6 is 0 Å². The van der Waals surface area contributed by atoms with E-state index in [1.165, 1.54) is 0 Å². The van der Waals surface area contributed by atoms with Gasteiger partial charge in [-0.3, -0.25) is 4.79 Å². The van der Waals surface area contributed by atoms with E-state index in [1.807, 2.05) is 24.3 Å². The van der Waals surface area contributed by atoms with Crippen molar-refractivity contribution < 1.29 is 9.53 Å². The smallest absolute Gasteiger partial charge is 0.225 e. The molecule has 1 aliphatic rings. The Hall–Kier alpha value is -1.55. The predicted molar refractivity (Wildman–Crippen MR) is 70.5 cm³/mol. The van der Waals surface area contributed by atoms with E-state index in [1.54, 1.807) is 7.11 Å². The molecule has 4 nitrogen and oxygen atoms in total. The van der Waals surface area contributed by atoms with Gasteiger partial charge in [0.15, 0.2) is 0 Å². The number of ether oxygens (including phenoxy) is 1. The van der Waals surface area contributed by atoms with E-state index in [-0.39, 0.29) is 11.4 Å². The van der Waals surface area contributed by atoms with E-state index in [0.29, 0.717) is 13.0 Å². The topological polar surface area (TPSA) is 64.3 Å². The SMILES string of the molecule is COc1ccccc1CC(=O)NC1(CN)CCC1. The van der Waals surface area contributed by atoms with Crippen LogP contribution in [0.5, 0.6) is 5.75 Å². The van der Waals surface area contributed by atoms with Crippen molar-refractivity contribution in [2.75, 3.05) is 13.7 Å². The highest BCUT2D eigenvalue weighted by atomic mass is 16.5. The molecule has 1 aliphatic carbocycles. The molecule has 98 valence electrons. The third-order valence-electron chi connectivity index (χ3n) is 3.65. The molecule has 0 heterocycles. The summed E-state index contributed by atoms with van der Waals surface area (Å²) in [7, 11) is 1.62.